The number of rotatable bonds is 6. The second kappa shape index (κ2) is 9.05. The van der Waals surface area contributed by atoms with Crippen LogP contribution in [0.4, 0.5) is 18.9 Å². The summed E-state index contributed by atoms with van der Waals surface area (Å²) in [6, 6.07) is 16.9. The van der Waals surface area contributed by atoms with Gasteiger partial charge in [-0.15, -0.1) is 11.3 Å². The van der Waals surface area contributed by atoms with Gasteiger partial charge in [0.05, 0.1) is 29.6 Å². The summed E-state index contributed by atoms with van der Waals surface area (Å²) in [4.78, 5) is 21.5. The standard InChI is InChI=1S/C24H17F3N2O3S/c1-32-29-20-5-3-2-4-18(20)17-11-8-15(12-19(17)23(30)31)22-28-21(13-33-22)14-6-9-16(10-7-14)24(25,26)27/h2-13,29H,1H3,(H,30,31). The van der Waals surface area contributed by atoms with Gasteiger partial charge in [-0.1, -0.05) is 42.5 Å². The third kappa shape index (κ3) is 4.74. The molecule has 1 heterocycles. The van der Waals surface area contributed by atoms with Crippen molar-refractivity contribution in [3.8, 4) is 33.0 Å². The number of aromatic carboxylic acids is 1. The minimum absolute atomic E-state index is 0.0872. The van der Waals surface area contributed by atoms with Gasteiger partial charge in [-0.3, -0.25) is 10.3 Å². The number of nitrogens with zero attached hydrogens (tertiary/aromatic N) is 1. The SMILES string of the molecule is CONc1ccccc1-c1ccc(-c2nc(-c3ccc(C(F)(F)F)cc3)cs2)cc1C(=O)O. The van der Waals surface area contributed by atoms with Gasteiger partial charge in [-0.05, 0) is 29.8 Å². The van der Waals surface area contributed by atoms with E-state index in [9.17, 15) is 23.1 Å². The highest BCUT2D eigenvalue weighted by molar-refractivity contribution is 7.13. The van der Waals surface area contributed by atoms with Crippen LogP contribution in [0.25, 0.3) is 33.0 Å². The number of benzene rings is 3. The van der Waals surface area contributed by atoms with Crippen LogP contribution in [0.15, 0.2) is 72.1 Å². The van der Waals surface area contributed by atoms with Crippen molar-refractivity contribution >= 4 is 23.0 Å². The minimum atomic E-state index is -4.40. The number of alkyl halides is 3. The van der Waals surface area contributed by atoms with Crippen LogP contribution >= 0.6 is 11.3 Å². The second-order valence-corrected chi connectivity index (χ2v) is 7.89. The van der Waals surface area contributed by atoms with Crippen molar-refractivity contribution in [2.45, 2.75) is 6.18 Å². The molecule has 0 radical (unpaired) electrons. The highest BCUT2D eigenvalue weighted by atomic mass is 32.1. The molecule has 0 unspecified atom stereocenters. The molecule has 0 amide bonds. The van der Waals surface area contributed by atoms with E-state index in [4.69, 9.17) is 4.84 Å². The Morgan fingerprint density at radius 3 is 2.36 bits per heavy atom. The Kier molecular flexibility index (Phi) is 6.17. The van der Waals surface area contributed by atoms with E-state index in [1.54, 1.807) is 41.8 Å². The van der Waals surface area contributed by atoms with E-state index >= 15 is 0 Å². The smallest absolute Gasteiger partial charge is 0.416 e. The monoisotopic (exact) mass is 470 g/mol. The van der Waals surface area contributed by atoms with Gasteiger partial charge in [0.2, 0.25) is 0 Å². The molecule has 9 heteroatoms. The van der Waals surface area contributed by atoms with Crippen molar-refractivity contribution in [3.05, 3.63) is 83.2 Å². The van der Waals surface area contributed by atoms with Crippen molar-refractivity contribution in [2.75, 3.05) is 12.6 Å². The first-order valence-corrected chi connectivity index (χ1v) is 10.5. The molecule has 0 aliphatic carbocycles. The zero-order valence-corrected chi connectivity index (χ0v) is 18.0. The summed E-state index contributed by atoms with van der Waals surface area (Å²) in [5.74, 6) is -1.10. The summed E-state index contributed by atoms with van der Waals surface area (Å²) in [7, 11) is 1.47. The Morgan fingerprint density at radius 2 is 1.70 bits per heavy atom. The molecule has 0 bridgehead atoms. The number of carboxylic acids is 1. The molecular weight excluding hydrogens is 453 g/mol. The molecule has 2 N–H and O–H groups in total. The summed E-state index contributed by atoms with van der Waals surface area (Å²) >= 11 is 1.28. The fourth-order valence-corrected chi connectivity index (χ4v) is 4.20. The van der Waals surface area contributed by atoms with Crippen LogP contribution in [-0.4, -0.2) is 23.2 Å². The molecule has 5 nitrogen and oxygen atoms in total. The highest BCUT2D eigenvalue weighted by Gasteiger charge is 2.30. The molecule has 1 aromatic heterocycles. The molecule has 0 spiro atoms. The van der Waals surface area contributed by atoms with Gasteiger partial charge in [-0.2, -0.15) is 13.2 Å². The molecule has 0 fully saturated rings. The molecule has 3 aromatic carbocycles. The average molecular weight is 470 g/mol. The van der Waals surface area contributed by atoms with Crippen LogP contribution in [-0.2, 0) is 11.0 Å². The largest absolute Gasteiger partial charge is 0.478 e. The lowest BCUT2D eigenvalue weighted by molar-refractivity contribution is -0.137. The first-order valence-electron chi connectivity index (χ1n) is 9.67. The number of thiazole rings is 1. The molecule has 4 rings (SSSR count). The van der Waals surface area contributed by atoms with Crippen molar-refractivity contribution in [3.63, 3.8) is 0 Å². The normalized spacial score (nSPS) is 11.4. The predicted octanol–water partition coefficient (Wildman–Crippen LogP) is 6.83. The Balaban J connectivity index is 1.70. The maximum Gasteiger partial charge on any atom is 0.416 e. The molecule has 0 saturated carbocycles. The fraction of sp³-hybridized carbons (Fsp3) is 0.0833. The Morgan fingerprint density at radius 1 is 1.00 bits per heavy atom. The van der Waals surface area contributed by atoms with Gasteiger partial charge < -0.3 is 5.11 Å². The topological polar surface area (TPSA) is 71.5 Å². The lowest BCUT2D eigenvalue weighted by Crippen LogP contribution is -2.04. The van der Waals surface area contributed by atoms with E-state index in [1.165, 1.54) is 36.6 Å². The quantitative estimate of drug-likeness (QED) is 0.302. The van der Waals surface area contributed by atoms with Gasteiger partial charge in [0.15, 0.2) is 0 Å². The summed E-state index contributed by atoms with van der Waals surface area (Å²) in [6.07, 6.45) is -4.40. The summed E-state index contributed by atoms with van der Waals surface area (Å²) in [5.41, 5.74) is 5.54. The first-order chi connectivity index (χ1) is 15.8. The van der Waals surface area contributed by atoms with E-state index in [0.717, 1.165) is 12.1 Å². The van der Waals surface area contributed by atoms with Crippen molar-refractivity contribution in [1.29, 1.82) is 0 Å². The number of hydrogen-bond acceptors (Lipinski definition) is 5. The van der Waals surface area contributed by atoms with E-state index in [1.807, 2.05) is 0 Å². The van der Waals surface area contributed by atoms with Crippen LogP contribution in [0.2, 0.25) is 0 Å². The predicted molar refractivity (Wildman–Crippen MR) is 121 cm³/mol. The number of aromatic nitrogens is 1. The van der Waals surface area contributed by atoms with E-state index < -0.39 is 17.7 Å². The van der Waals surface area contributed by atoms with E-state index in [2.05, 4.69) is 10.5 Å². The molecule has 4 aromatic rings. The Labute approximate surface area is 191 Å². The summed E-state index contributed by atoms with van der Waals surface area (Å²) in [6.45, 7) is 0. The van der Waals surface area contributed by atoms with Crippen LogP contribution < -0.4 is 5.48 Å². The minimum Gasteiger partial charge on any atom is -0.478 e. The molecule has 33 heavy (non-hydrogen) atoms. The number of carboxylic acid groups (broad SMARTS) is 1. The van der Waals surface area contributed by atoms with Gasteiger partial charge in [-0.25, -0.2) is 9.78 Å². The maximum absolute atomic E-state index is 12.8. The van der Waals surface area contributed by atoms with Gasteiger partial charge in [0, 0.05) is 22.1 Å². The van der Waals surface area contributed by atoms with Crippen molar-refractivity contribution in [2.24, 2.45) is 0 Å². The highest BCUT2D eigenvalue weighted by Crippen LogP contribution is 2.36. The third-order valence-electron chi connectivity index (χ3n) is 4.94. The van der Waals surface area contributed by atoms with E-state index in [0.29, 0.717) is 38.6 Å². The molecule has 0 aliphatic heterocycles. The number of hydrogen-bond donors (Lipinski definition) is 2. The molecule has 0 aliphatic rings. The van der Waals surface area contributed by atoms with Crippen LogP contribution in [0.5, 0.6) is 0 Å². The summed E-state index contributed by atoms with van der Waals surface area (Å²) < 4.78 is 38.4. The number of nitrogens with one attached hydrogen (secondary N) is 1. The van der Waals surface area contributed by atoms with Gasteiger partial charge in [0.1, 0.15) is 5.01 Å². The average Bonchev–Trinajstić information content (AvgIpc) is 3.29. The Bertz CT molecular complexity index is 1300. The third-order valence-corrected chi connectivity index (χ3v) is 5.83. The number of halogens is 3. The molecule has 0 atom stereocenters. The lowest BCUT2D eigenvalue weighted by Gasteiger charge is -2.13. The number of carbonyl (C=O) groups is 1. The lowest BCUT2D eigenvalue weighted by atomic mass is 9.96. The zero-order valence-electron chi connectivity index (χ0n) is 17.2. The van der Waals surface area contributed by atoms with Gasteiger partial charge in [0.25, 0.3) is 0 Å². The Hall–Kier alpha value is -3.69. The van der Waals surface area contributed by atoms with Crippen LogP contribution in [0.3, 0.4) is 0 Å². The summed E-state index contributed by atoms with van der Waals surface area (Å²) in [5, 5.41) is 12.1. The fourth-order valence-electron chi connectivity index (χ4n) is 3.37. The second-order valence-electron chi connectivity index (χ2n) is 7.03. The molecule has 168 valence electrons. The zero-order chi connectivity index (χ0) is 23.6. The van der Waals surface area contributed by atoms with Crippen molar-refractivity contribution < 1.29 is 27.9 Å². The molecule has 0 saturated heterocycles. The molecular formula is C24H17F3N2O3S. The van der Waals surface area contributed by atoms with E-state index in [-0.39, 0.29) is 5.56 Å². The van der Waals surface area contributed by atoms with Crippen molar-refractivity contribution in [1.82, 2.24) is 4.98 Å². The van der Waals surface area contributed by atoms with Gasteiger partial charge >= 0.3 is 12.1 Å². The first kappa shape index (κ1) is 22.5. The van der Waals surface area contributed by atoms with Crippen LogP contribution in [0, 0.1) is 0 Å². The maximum atomic E-state index is 12.8. The number of para-hydroxylation sites is 1. The number of anilines is 1. The van der Waals surface area contributed by atoms with Crippen LogP contribution in [0.1, 0.15) is 15.9 Å².